The maximum Gasteiger partial charge on any atom is 0.234 e. The van der Waals surface area contributed by atoms with E-state index in [1.807, 2.05) is 0 Å². The molecule has 1 aromatic rings. The van der Waals surface area contributed by atoms with Gasteiger partial charge in [-0.3, -0.25) is 9.69 Å². The van der Waals surface area contributed by atoms with E-state index in [4.69, 9.17) is 0 Å². The first-order chi connectivity index (χ1) is 8.34. The number of hydrogen-bond donors (Lipinski definition) is 2. The van der Waals surface area contributed by atoms with Crippen LogP contribution >= 0.6 is 0 Å². The summed E-state index contributed by atoms with van der Waals surface area (Å²) in [5.41, 5.74) is 0. The molecule has 0 spiro atoms. The Morgan fingerprint density at radius 1 is 1.53 bits per heavy atom. The smallest absolute Gasteiger partial charge is 0.234 e. The zero-order valence-electron chi connectivity index (χ0n) is 9.69. The van der Waals surface area contributed by atoms with Crippen molar-refractivity contribution in [3.63, 3.8) is 0 Å². The van der Waals surface area contributed by atoms with Crippen LogP contribution in [0.25, 0.3) is 0 Å². The lowest BCUT2D eigenvalue weighted by molar-refractivity contribution is -0.122. The number of carbonyl (C=O) groups excluding carboxylic acids is 1. The van der Waals surface area contributed by atoms with E-state index in [0.29, 0.717) is 25.3 Å². The Morgan fingerprint density at radius 3 is 3.06 bits per heavy atom. The molecule has 1 aliphatic heterocycles. The van der Waals surface area contributed by atoms with Crippen molar-refractivity contribution < 1.29 is 9.32 Å². The van der Waals surface area contributed by atoms with Gasteiger partial charge in [-0.15, -0.1) is 0 Å². The standard InChI is InChI=1S/C10H17N5O2/c16-10(7-15-5-3-11-4-6-15)12-2-1-9-13-8-17-14-9/h8,11H,1-7H2,(H,12,16). The van der Waals surface area contributed by atoms with Gasteiger partial charge in [0.05, 0.1) is 6.54 Å². The van der Waals surface area contributed by atoms with Gasteiger partial charge in [-0.05, 0) is 0 Å². The fraction of sp³-hybridized carbons (Fsp3) is 0.700. The quantitative estimate of drug-likeness (QED) is 0.660. The van der Waals surface area contributed by atoms with E-state index in [9.17, 15) is 4.79 Å². The first-order valence-corrected chi connectivity index (χ1v) is 5.79. The van der Waals surface area contributed by atoms with Gasteiger partial charge in [0.1, 0.15) is 0 Å². The maximum atomic E-state index is 11.6. The van der Waals surface area contributed by atoms with Crippen molar-refractivity contribution >= 4 is 5.91 Å². The zero-order chi connectivity index (χ0) is 11.9. The average Bonchev–Trinajstić information content (AvgIpc) is 2.83. The average molecular weight is 239 g/mol. The zero-order valence-corrected chi connectivity index (χ0v) is 9.69. The fourth-order valence-corrected chi connectivity index (χ4v) is 1.74. The summed E-state index contributed by atoms with van der Waals surface area (Å²) in [5, 5.41) is 9.77. The number of nitrogens with zero attached hydrogens (tertiary/aromatic N) is 3. The number of amides is 1. The van der Waals surface area contributed by atoms with E-state index < -0.39 is 0 Å². The number of nitrogens with one attached hydrogen (secondary N) is 2. The number of piperazine rings is 1. The van der Waals surface area contributed by atoms with Crippen molar-refractivity contribution in [1.82, 2.24) is 25.7 Å². The second kappa shape index (κ2) is 6.31. The Balaban J connectivity index is 1.60. The van der Waals surface area contributed by atoms with Gasteiger partial charge in [-0.25, -0.2) is 0 Å². The summed E-state index contributed by atoms with van der Waals surface area (Å²) < 4.78 is 4.60. The van der Waals surface area contributed by atoms with Crippen molar-refractivity contribution in [2.24, 2.45) is 0 Å². The highest BCUT2D eigenvalue weighted by Gasteiger charge is 2.12. The number of carbonyl (C=O) groups is 1. The van der Waals surface area contributed by atoms with Crippen molar-refractivity contribution in [2.45, 2.75) is 6.42 Å². The minimum absolute atomic E-state index is 0.0513. The van der Waals surface area contributed by atoms with Crippen molar-refractivity contribution in [1.29, 1.82) is 0 Å². The van der Waals surface area contributed by atoms with Gasteiger partial charge in [-0.2, -0.15) is 4.98 Å². The molecule has 2 heterocycles. The molecular weight excluding hydrogens is 222 g/mol. The monoisotopic (exact) mass is 239 g/mol. The predicted molar refractivity (Wildman–Crippen MR) is 60.3 cm³/mol. The summed E-state index contributed by atoms with van der Waals surface area (Å²) in [6.45, 7) is 4.78. The van der Waals surface area contributed by atoms with Gasteiger partial charge < -0.3 is 15.2 Å². The van der Waals surface area contributed by atoms with E-state index in [-0.39, 0.29) is 5.91 Å². The molecule has 0 radical (unpaired) electrons. The third-order valence-corrected chi connectivity index (χ3v) is 2.65. The molecular formula is C10H17N5O2. The van der Waals surface area contributed by atoms with Gasteiger partial charge in [-0.1, -0.05) is 5.16 Å². The van der Waals surface area contributed by atoms with Crippen molar-refractivity contribution in [3.05, 3.63) is 12.2 Å². The summed E-state index contributed by atoms with van der Waals surface area (Å²) in [6.07, 6.45) is 1.89. The van der Waals surface area contributed by atoms with Crippen LogP contribution in [0.1, 0.15) is 5.82 Å². The molecule has 1 aromatic heterocycles. The molecule has 94 valence electrons. The summed E-state index contributed by atoms with van der Waals surface area (Å²) in [5.74, 6) is 0.669. The molecule has 2 rings (SSSR count). The fourth-order valence-electron chi connectivity index (χ4n) is 1.74. The molecule has 0 aromatic carbocycles. The van der Waals surface area contributed by atoms with Crippen LogP contribution in [0.5, 0.6) is 0 Å². The van der Waals surface area contributed by atoms with E-state index in [1.165, 1.54) is 6.39 Å². The molecule has 0 unspecified atom stereocenters. The summed E-state index contributed by atoms with van der Waals surface area (Å²) in [4.78, 5) is 17.6. The highest BCUT2D eigenvalue weighted by Crippen LogP contribution is 1.92. The molecule has 1 fully saturated rings. The lowest BCUT2D eigenvalue weighted by atomic mass is 10.3. The summed E-state index contributed by atoms with van der Waals surface area (Å²) in [6, 6.07) is 0. The molecule has 0 atom stereocenters. The lowest BCUT2D eigenvalue weighted by Gasteiger charge is -2.26. The van der Waals surface area contributed by atoms with E-state index in [0.717, 1.165) is 26.2 Å². The Bertz CT molecular complexity index is 334. The number of rotatable bonds is 5. The minimum Gasteiger partial charge on any atom is -0.355 e. The Hall–Kier alpha value is -1.47. The Kier molecular flexibility index (Phi) is 4.45. The van der Waals surface area contributed by atoms with Gasteiger partial charge >= 0.3 is 0 Å². The van der Waals surface area contributed by atoms with E-state index in [1.54, 1.807) is 0 Å². The van der Waals surface area contributed by atoms with Crippen LogP contribution in [-0.4, -0.2) is 60.2 Å². The highest BCUT2D eigenvalue weighted by atomic mass is 16.5. The lowest BCUT2D eigenvalue weighted by Crippen LogP contribution is -2.47. The SMILES string of the molecule is O=C(CN1CCNCC1)NCCc1ncon1. The predicted octanol–water partition coefficient (Wildman–Crippen LogP) is -1.37. The molecule has 7 nitrogen and oxygen atoms in total. The molecule has 1 aliphatic rings. The van der Waals surface area contributed by atoms with E-state index in [2.05, 4.69) is 30.2 Å². The Morgan fingerprint density at radius 2 is 2.35 bits per heavy atom. The molecule has 1 amide bonds. The first-order valence-electron chi connectivity index (χ1n) is 5.79. The third-order valence-electron chi connectivity index (χ3n) is 2.65. The number of aromatic nitrogens is 2. The second-order valence-corrected chi connectivity index (χ2v) is 3.97. The molecule has 17 heavy (non-hydrogen) atoms. The van der Waals surface area contributed by atoms with Crippen LogP contribution in [0.15, 0.2) is 10.9 Å². The second-order valence-electron chi connectivity index (χ2n) is 3.97. The molecule has 0 saturated carbocycles. The highest BCUT2D eigenvalue weighted by molar-refractivity contribution is 5.78. The molecule has 0 bridgehead atoms. The Labute approximate surface area is 99.6 Å². The van der Waals surface area contributed by atoms with Crippen LogP contribution in [0, 0.1) is 0 Å². The van der Waals surface area contributed by atoms with Gasteiger partial charge in [0.2, 0.25) is 12.3 Å². The number of hydrogen-bond acceptors (Lipinski definition) is 6. The van der Waals surface area contributed by atoms with Gasteiger partial charge in [0.15, 0.2) is 5.82 Å². The van der Waals surface area contributed by atoms with Crippen LogP contribution < -0.4 is 10.6 Å². The first kappa shape index (κ1) is 12.0. The van der Waals surface area contributed by atoms with Crippen molar-refractivity contribution in [3.8, 4) is 0 Å². The van der Waals surface area contributed by atoms with Crippen LogP contribution in [0.2, 0.25) is 0 Å². The van der Waals surface area contributed by atoms with Crippen LogP contribution in [0.4, 0.5) is 0 Å². The summed E-state index contributed by atoms with van der Waals surface area (Å²) >= 11 is 0. The topological polar surface area (TPSA) is 83.3 Å². The van der Waals surface area contributed by atoms with Crippen LogP contribution in [-0.2, 0) is 11.2 Å². The molecule has 0 aliphatic carbocycles. The minimum atomic E-state index is 0.0513. The van der Waals surface area contributed by atoms with Gasteiger partial charge in [0.25, 0.3) is 0 Å². The van der Waals surface area contributed by atoms with Crippen LogP contribution in [0.3, 0.4) is 0 Å². The van der Waals surface area contributed by atoms with E-state index >= 15 is 0 Å². The maximum absolute atomic E-state index is 11.6. The van der Waals surface area contributed by atoms with Crippen molar-refractivity contribution in [2.75, 3.05) is 39.3 Å². The molecule has 2 N–H and O–H groups in total. The third kappa shape index (κ3) is 4.12. The van der Waals surface area contributed by atoms with Gasteiger partial charge in [0, 0.05) is 39.1 Å². The normalized spacial score (nSPS) is 16.9. The largest absolute Gasteiger partial charge is 0.355 e. The summed E-state index contributed by atoms with van der Waals surface area (Å²) in [7, 11) is 0. The molecule has 7 heteroatoms. The molecule has 1 saturated heterocycles.